The lowest BCUT2D eigenvalue weighted by atomic mass is 10.1. The van der Waals surface area contributed by atoms with Gasteiger partial charge in [-0.3, -0.25) is 0 Å². The summed E-state index contributed by atoms with van der Waals surface area (Å²) >= 11 is 5.57. The molecule has 1 rings (SSSR count). The first-order valence-electron chi connectivity index (χ1n) is 4.00. The highest BCUT2D eigenvalue weighted by atomic mass is 35.5. The Balaban J connectivity index is 3.45. The Morgan fingerprint density at radius 2 is 2.20 bits per heavy atom. The Bertz CT molecular complexity index is 396. The Labute approximate surface area is 90.0 Å². The SMILES string of the molecule is COC(=O)c1c(Cl)ncc(C)c1C(F)F. The van der Waals surface area contributed by atoms with Crippen LogP contribution in [-0.4, -0.2) is 18.1 Å². The molecule has 0 atom stereocenters. The second-order valence-corrected chi connectivity index (χ2v) is 3.17. The van der Waals surface area contributed by atoms with Gasteiger partial charge in [0.05, 0.1) is 7.11 Å². The summed E-state index contributed by atoms with van der Waals surface area (Å²) in [5.74, 6) is -0.911. The Kier molecular flexibility index (Phi) is 3.57. The molecule has 0 fully saturated rings. The molecule has 15 heavy (non-hydrogen) atoms. The Hall–Kier alpha value is -1.23. The van der Waals surface area contributed by atoms with Crippen molar-refractivity contribution < 1.29 is 18.3 Å². The first kappa shape index (κ1) is 11.8. The van der Waals surface area contributed by atoms with Crippen LogP contribution < -0.4 is 0 Å². The standard InChI is InChI=1S/C9H8ClF2NO2/c1-4-3-13-7(10)6(9(14)15-2)5(4)8(11)12/h3,8H,1-2H3. The number of pyridine rings is 1. The van der Waals surface area contributed by atoms with Crippen molar-refractivity contribution in [2.45, 2.75) is 13.3 Å². The zero-order valence-electron chi connectivity index (χ0n) is 8.05. The quantitative estimate of drug-likeness (QED) is 0.585. The van der Waals surface area contributed by atoms with E-state index in [9.17, 15) is 13.6 Å². The highest BCUT2D eigenvalue weighted by Gasteiger charge is 2.25. The van der Waals surface area contributed by atoms with Crippen molar-refractivity contribution in [2.24, 2.45) is 0 Å². The molecule has 0 saturated heterocycles. The van der Waals surface area contributed by atoms with E-state index in [1.54, 1.807) is 0 Å². The van der Waals surface area contributed by atoms with Crippen LogP contribution in [0.1, 0.15) is 27.9 Å². The molecule has 1 heterocycles. The number of hydrogen-bond acceptors (Lipinski definition) is 3. The van der Waals surface area contributed by atoms with Crippen LogP contribution in [0.4, 0.5) is 8.78 Å². The lowest BCUT2D eigenvalue weighted by molar-refractivity contribution is 0.0588. The van der Waals surface area contributed by atoms with E-state index in [1.807, 2.05) is 0 Å². The number of nitrogens with zero attached hydrogens (tertiary/aromatic N) is 1. The Morgan fingerprint density at radius 1 is 1.60 bits per heavy atom. The maximum Gasteiger partial charge on any atom is 0.341 e. The minimum atomic E-state index is -2.79. The zero-order chi connectivity index (χ0) is 11.6. The normalized spacial score (nSPS) is 10.5. The number of hydrogen-bond donors (Lipinski definition) is 0. The van der Waals surface area contributed by atoms with Crippen molar-refractivity contribution in [3.05, 3.63) is 28.0 Å². The Morgan fingerprint density at radius 3 is 2.67 bits per heavy atom. The molecule has 0 saturated carbocycles. The van der Waals surface area contributed by atoms with Gasteiger partial charge < -0.3 is 4.74 Å². The lowest BCUT2D eigenvalue weighted by Crippen LogP contribution is -2.10. The number of carbonyl (C=O) groups excluding carboxylic acids is 1. The van der Waals surface area contributed by atoms with E-state index >= 15 is 0 Å². The molecule has 0 spiro atoms. The number of aryl methyl sites for hydroxylation is 1. The van der Waals surface area contributed by atoms with E-state index in [0.29, 0.717) is 0 Å². The zero-order valence-corrected chi connectivity index (χ0v) is 8.81. The minimum Gasteiger partial charge on any atom is -0.465 e. The van der Waals surface area contributed by atoms with Gasteiger partial charge in [0.15, 0.2) is 0 Å². The summed E-state index contributed by atoms with van der Waals surface area (Å²) in [6.45, 7) is 1.43. The van der Waals surface area contributed by atoms with Crippen LogP contribution in [0.25, 0.3) is 0 Å². The summed E-state index contributed by atoms with van der Waals surface area (Å²) in [6.07, 6.45) is -1.60. The second kappa shape index (κ2) is 4.53. The molecule has 0 aliphatic rings. The van der Waals surface area contributed by atoms with E-state index in [2.05, 4.69) is 9.72 Å². The number of ether oxygens (including phenoxy) is 1. The molecule has 6 heteroatoms. The third-order valence-electron chi connectivity index (χ3n) is 1.88. The molecule has 82 valence electrons. The molecule has 0 radical (unpaired) electrons. The van der Waals surface area contributed by atoms with Gasteiger partial charge in [0.2, 0.25) is 0 Å². The second-order valence-electron chi connectivity index (χ2n) is 2.81. The van der Waals surface area contributed by atoms with E-state index in [4.69, 9.17) is 11.6 Å². The first-order valence-corrected chi connectivity index (χ1v) is 4.38. The van der Waals surface area contributed by atoms with Gasteiger partial charge in [-0.2, -0.15) is 0 Å². The van der Waals surface area contributed by atoms with Gasteiger partial charge in [-0.1, -0.05) is 11.6 Å². The average Bonchev–Trinajstić information content (AvgIpc) is 2.19. The lowest BCUT2D eigenvalue weighted by Gasteiger charge is -2.10. The maximum absolute atomic E-state index is 12.7. The molecule has 1 aromatic heterocycles. The summed E-state index contributed by atoms with van der Waals surface area (Å²) in [6, 6.07) is 0. The number of aromatic nitrogens is 1. The summed E-state index contributed by atoms with van der Waals surface area (Å²) < 4.78 is 29.7. The fraction of sp³-hybridized carbons (Fsp3) is 0.333. The summed E-state index contributed by atoms with van der Waals surface area (Å²) in [7, 11) is 1.09. The van der Waals surface area contributed by atoms with Crippen molar-refractivity contribution in [2.75, 3.05) is 7.11 Å². The molecule has 0 amide bonds. The third kappa shape index (κ3) is 2.23. The van der Waals surface area contributed by atoms with Gasteiger partial charge in [-0.05, 0) is 12.5 Å². The minimum absolute atomic E-state index is 0.204. The van der Waals surface area contributed by atoms with E-state index in [-0.39, 0.29) is 16.3 Å². The number of carbonyl (C=O) groups is 1. The molecule has 0 aliphatic carbocycles. The van der Waals surface area contributed by atoms with Gasteiger partial charge in [0.1, 0.15) is 10.7 Å². The van der Waals surface area contributed by atoms with Gasteiger partial charge in [-0.15, -0.1) is 0 Å². The van der Waals surface area contributed by atoms with Crippen molar-refractivity contribution in [1.82, 2.24) is 4.98 Å². The van der Waals surface area contributed by atoms with Gasteiger partial charge in [0.25, 0.3) is 6.43 Å². The third-order valence-corrected chi connectivity index (χ3v) is 2.17. The highest BCUT2D eigenvalue weighted by Crippen LogP contribution is 2.30. The molecule has 0 aliphatic heterocycles. The van der Waals surface area contributed by atoms with E-state index < -0.39 is 18.0 Å². The summed E-state index contributed by atoms with van der Waals surface area (Å²) in [5.41, 5.74) is -0.592. The smallest absolute Gasteiger partial charge is 0.341 e. The van der Waals surface area contributed by atoms with Gasteiger partial charge in [-0.25, -0.2) is 18.6 Å². The number of alkyl halides is 2. The number of methoxy groups -OCH3 is 1. The monoisotopic (exact) mass is 235 g/mol. The van der Waals surface area contributed by atoms with Crippen LogP contribution in [-0.2, 0) is 4.74 Å². The molecule has 0 unspecified atom stereocenters. The summed E-state index contributed by atoms with van der Waals surface area (Å²) in [4.78, 5) is 14.9. The fourth-order valence-electron chi connectivity index (χ4n) is 1.17. The number of halogens is 3. The highest BCUT2D eigenvalue weighted by molar-refractivity contribution is 6.32. The predicted octanol–water partition coefficient (Wildman–Crippen LogP) is 2.77. The average molecular weight is 236 g/mol. The summed E-state index contributed by atoms with van der Waals surface area (Å²) in [5, 5.41) is -0.275. The molecular weight excluding hydrogens is 228 g/mol. The van der Waals surface area contributed by atoms with Crippen molar-refractivity contribution in [3.8, 4) is 0 Å². The molecule has 0 bridgehead atoms. The molecule has 3 nitrogen and oxygen atoms in total. The van der Waals surface area contributed by atoms with Crippen molar-refractivity contribution in [3.63, 3.8) is 0 Å². The van der Waals surface area contributed by atoms with Crippen molar-refractivity contribution >= 4 is 17.6 Å². The van der Waals surface area contributed by atoms with E-state index in [0.717, 1.165) is 7.11 Å². The predicted molar refractivity (Wildman–Crippen MR) is 50.3 cm³/mol. The van der Waals surface area contributed by atoms with Gasteiger partial charge in [0, 0.05) is 11.8 Å². The largest absolute Gasteiger partial charge is 0.465 e. The van der Waals surface area contributed by atoms with Gasteiger partial charge >= 0.3 is 5.97 Å². The van der Waals surface area contributed by atoms with Crippen LogP contribution in [0.3, 0.4) is 0 Å². The maximum atomic E-state index is 12.7. The van der Waals surface area contributed by atoms with Crippen LogP contribution in [0.15, 0.2) is 6.20 Å². The van der Waals surface area contributed by atoms with E-state index in [1.165, 1.54) is 13.1 Å². The van der Waals surface area contributed by atoms with Crippen LogP contribution in [0.2, 0.25) is 5.15 Å². The first-order chi connectivity index (χ1) is 6.99. The van der Waals surface area contributed by atoms with Crippen molar-refractivity contribution in [1.29, 1.82) is 0 Å². The molecule has 0 N–H and O–H groups in total. The van der Waals surface area contributed by atoms with Crippen LogP contribution in [0, 0.1) is 6.92 Å². The molecule has 0 aromatic carbocycles. The van der Waals surface area contributed by atoms with Crippen LogP contribution >= 0.6 is 11.6 Å². The fourth-order valence-corrected chi connectivity index (χ4v) is 1.40. The number of rotatable bonds is 2. The number of esters is 1. The topological polar surface area (TPSA) is 39.2 Å². The van der Waals surface area contributed by atoms with Crippen LogP contribution in [0.5, 0.6) is 0 Å². The molecule has 1 aromatic rings. The molecular formula is C9H8ClF2NO2.